The fourth-order valence-electron chi connectivity index (χ4n) is 4.42. The lowest BCUT2D eigenvalue weighted by Crippen LogP contribution is -2.24. The van der Waals surface area contributed by atoms with Gasteiger partial charge in [0.2, 0.25) is 5.91 Å². The van der Waals surface area contributed by atoms with E-state index >= 15 is 0 Å². The minimum absolute atomic E-state index is 0.0496. The van der Waals surface area contributed by atoms with Gasteiger partial charge in [-0.1, -0.05) is 81.4 Å². The van der Waals surface area contributed by atoms with Crippen molar-refractivity contribution in [3.05, 3.63) is 102 Å². The normalized spacial score (nSPS) is 11.8. The van der Waals surface area contributed by atoms with Crippen molar-refractivity contribution < 1.29 is 9.53 Å². The lowest BCUT2D eigenvalue weighted by Gasteiger charge is -2.22. The number of nitrogens with zero attached hydrogens (tertiary/aromatic N) is 2. The van der Waals surface area contributed by atoms with Crippen LogP contribution in [0.25, 0.3) is 17.1 Å². The average molecular weight is 496 g/mol. The first-order valence-electron chi connectivity index (χ1n) is 13.1. The smallest absolute Gasteiger partial charge is 0.244 e. The number of benzene rings is 3. The van der Waals surface area contributed by atoms with Gasteiger partial charge in [0.05, 0.1) is 17.6 Å². The zero-order chi connectivity index (χ0) is 26.1. The van der Waals surface area contributed by atoms with Crippen molar-refractivity contribution in [2.24, 2.45) is 0 Å². The Hall–Kier alpha value is -3.86. The molecular weight excluding hydrogens is 458 g/mol. The maximum absolute atomic E-state index is 12.3. The molecule has 0 aliphatic carbocycles. The van der Waals surface area contributed by atoms with Crippen LogP contribution in [0.1, 0.15) is 50.6 Å². The standard InChI is InChI=1S/C32H37N3O2/c1-32(2,3)26-15-7-10-18-29(26)37-24-12-11-23-35-28-17-9-8-16-27(28)34-30(35)21-22-33-31(36)20-19-25-13-5-4-6-14-25/h4-10,13-20H,11-12,21-24H2,1-3H3,(H,33,36)/b20-19+. The SMILES string of the molecule is CC(C)(C)c1ccccc1OCCCCn1c(CCNC(=O)/C=C/c2ccccc2)nc2ccccc21. The number of imidazole rings is 1. The van der Waals surface area contributed by atoms with E-state index in [1.807, 2.05) is 60.7 Å². The molecular formula is C32H37N3O2. The molecule has 0 saturated carbocycles. The molecule has 3 aromatic carbocycles. The highest BCUT2D eigenvalue weighted by Crippen LogP contribution is 2.31. The number of ether oxygens (including phenoxy) is 1. The highest BCUT2D eigenvalue weighted by atomic mass is 16.5. The minimum atomic E-state index is -0.0980. The third-order valence-electron chi connectivity index (χ3n) is 6.34. The summed E-state index contributed by atoms with van der Waals surface area (Å²) < 4.78 is 8.45. The van der Waals surface area contributed by atoms with Crippen molar-refractivity contribution in [2.45, 2.75) is 52.0 Å². The molecule has 1 aromatic heterocycles. The number of carbonyl (C=O) groups is 1. The lowest BCUT2D eigenvalue weighted by atomic mass is 9.86. The molecule has 0 aliphatic heterocycles. The summed E-state index contributed by atoms with van der Waals surface area (Å²) in [4.78, 5) is 17.1. The maximum atomic E-state index is 12.3. The van der Waals surface area contributed by atoms with Gasteiger partial charge in [0.25, 0.3) is 0 Å². The molecule has 1 amide bonds. The molecule has 0 unspecified atom stereocenters. The number of rotatable bonds is 11. The molecule has 37 heavy (non-hydrogen) atoms. The summed E-state index contributed by atoms with van der Waals surface area (Å²) in [5.74, 6) is 1.87. The van der Waals surface area contributed by atoms with E-state index < -0.39 is 0 Å². The number of hydrogen-bond donors (Lipinski definition) is 1. The van der Waals surface area contributed by atoms with E-state index in [1.165, 1.54) is 5.56 Å². The van der Waals surface area contributed by atoms with Gasteiger partial charge >= 0.3 is 0 Å². The van der Waals surface area contributed by atoms with Gasteiger partial charge in [-0.3, -0.25) is 4.79 Å². The predicted octanol–water partition coefficient (Wildman–Crippen LogP) is 6.57. The summed E-state index contributed by atoms with van der Waals surface area (Å²) in [6.07, 6.45) is 6.01. The molecule has 0 saturated heterocycles. The Balaban J connectivity index is 1.31. The van der Waals surface area contributed by atoms with Gasteiger partial charge in [-0.2, -0.15) is 0 Å². The highest BCUT2D eigenvalue weighted by Gasteiger charge is 2.18. The molecule has 0 atom stereocenters. The van der Waals surface area contributed by atoms with E-state index in [0.29, 0.717) is 19.6 Å². The molecule has 4 aromatic rings. The molecule has 0 spiro atoms. The molecule has 4 rings (SSSR count). The molecule has 0 fully saturated rings. The largest absolute Gasteiger partial charge is 0.493 e. The highest BCUT2D eigenvalue weighted by molar-refractivity contribution is 5.91. The third-order valence-corrected chi connectivity index (χ3v) is 6.34. The summed E-state index contributed by atoms with van der Waals surface area (Å²) >= 11 is 0. The average Bonchev–Trinajstić information content (AvgIpc) is 3.25. The van der Waals surface area contributed by atoms with Gasteiger partial charge in [-0.15, -0.1) is 0 Å². The number of unbranched alkanes of at least 4 members (excludes halogenated alkanes) is 1. The van der Waals surface area contributed by atoms with Crippen LogP contribution in [0.5, 0.6) is 5.75 Å². The van der Waals surface area contributed by atoms with Gasteiger partial charge in [0.1, 0.15) is 11.6 Å². The molecule has 0 bridgehead atoms. The minimum Gasteiger partial charge on any atom is -0.493 e. The Kier molecular flexibility index (Phi) is 8.78. The zero-order valence-corrected chi connectivity index (χ0v) is 22.1. The number of fused-ring (bicyclic) bond motifs is 1. The van der Waals surface area contributed by atoms with E-state index in [2.05, 4.69) is 54.9 Å². The van der Waals surface area contributed by atoms with Gasteiger partial charge in [-0.25, -0.2) is 4.98 Å². The number of amides is 1. The molecule has 5 nitrogen and oxygen atoms in total. The second kappa shape index (κ2) is 12.4. The molecule has 1 N–H and O–H groups in total. The van der Waals surface area contributed by atoms with Crippen molar-refractivity contribution in [3.8, 4) is 5.75 Å². The van der Waals surface area contributed by atoms with Crippen molar-refractivity contribution in [2.75, 3.05) is 13.2 Å². The fourth-order valence-corrected chi connectivity index (χ4v) is 4.42. The van der Waals surface area contributed by atoms with E-state index in [0.717, 1.165) is 47.6 Å². The van der Waals surface area contributed by atoms with E-state index in [1.54, 1.807) is 6.08 Å². The summed E-state index contributed by atoms with van der Waals surface area (Å²) in [6.45, 7) is 8.71. The lowest BCUT2D eigenvalue weighted by molar-refractivity contribution is -0.116. The van der Waals surface area contributed by atoms with Gasteiger partial charge in [0, 0.05) is 25.6 Å². The number of hydrogen-bond acceptors (Lipinski definition) is 3. The van der Waals surface area contributed by atoms with Gasteiger partial charge in [0.15, 0.2) is 0 Å². The van der Waals surface area contributed by atoms with Crippen LogP contribution in [0.15, 0.2) is 84.9 Å². The first-order chi connectivity index (χ1) is 17.9. The van der Waals surface area contributed by atoms with Gasteiger partial charge in [-0.05, 0) is 53.7 Å². The Morgan fingerprint density at radius 1 is 0.946 bits per heavy atom. The number of carbonyl (C=O) groups excluding carboxylic acids is 1. The van der Waals surface area contributed by atoms with Crippen LogP contribution in [-0.2, 0) is 23.2 Å². The van der Waals surface area contributed by atoms with E-state index in [-0.39, 0.29) is 11.3 Å². The number of aryl methyl sites for hydroxylation is 1. The van der Waals surface area contributed by atoms with Crippen LogP contribution in [-0.4, -0.2) is 28.6 Å². The van der Waals surface area contributed by atoms with Crippen molar-refractivity contribution >= 4 is 23.0 Å². The third kappa shape index (κ3) is 7.32. The summed E-state index contributed by atoms with van der Waals surface area (Å²) in [7, 11) is 0. The van der Waals surface area contributed by atoms with Crippen molar-refractivity contribution in [1.29, 1.82) is 0 Å². The summed E-state index contributed by atoms with van der Waals surface area (Å²) in [5.41, 5.74) is 4.41. The quantitative estimate of drug-likeness (QED) is 0.189. The van der Waals surface area contributed by atoms with E-state index in [9.17, 15) is 4.79 Å². The maximum Gasteiger partial charge on any atom is 0.244 e. The second-order valence-corrected chi connectivity index (χ2v) is 10.3. The van der Waals surface area contributed by atoms with Crippen molar-refractivity contribution in [3.63, 3.8) is 0 Å². The Bertz CT molecular complexity index is 1330. The Labute approximate surface area is 220 Å². The Morgan fingerprint density at radius 3 is 2.49 bits per heavy atom. The van der Waals surface area contributed by atoms with Gasteiger partial charge < -0.3 is 14.6 Å². The van der Waals surface area contributed by atoms with Crippen LogP contribution in [0.2, 0.25) is 0 Å². The molecule has 0 aliphatic rings. The monoisotopic (exact) mass is 495 g/mol. The number of aromatic nitrogens is 2. The molecule has 5 heteroatoms. The first kappa shape index (κ1) is 26.2. The number of nitrogens with one attached hydrogen (secondary N) is 1. The zero-order valence-electron chi connectivity index (χ0n) is 22.1. The first-order valence-corrected chi connectivity index (χ1v) is 13.1. The fraction of sp³-hybridized carbons (Fsp3) is 0.312. The molecule has 192 valence electrons. The van der Waals surface area contributed by atoms with Crippen LogP contribution in [0, 0.1) is 0 Å². The van der Waals surface area contributed by atoms with Crippen LogP contribution >= 0.6 is 0 Å². The molecule has 1 heterocycles. The van der Waals surface area contributed by atoms with Crippen molar-refractivity contribution in [1.82, 2.24) is 14.9 Å². The van der Waals surface area contributed by atoms with Crippen LogP contribution in [0.4, 0.5) is 0 Å². The second-order valence-electron chi connectivity index (χ2n) is 10.3. The number of para-hydroxylation sites is 3. The molecule has 0 radical (unpaired) electrons. The predicted molar refractivity (Wildman–Crippen MR) is 152 cm³/mol. The Morgan fingerprint density at radius 2 is 1.68 bits per heavy atom. The van der Waals surface area contributed by atoms with E-state index in [4.69, 9.17) is 9.72 Å². The summed E-state index contributed by atoms with van der Waals surface area (Å²) in [5, 5.41) is 2.99. The summed E-state index contributed by atoms with van der Waals surface area (Å²) in [6, 6.07) is 26.4. The van der Waals surface area contributed by atoms with Crippen LogP contribution < -0.4 is 10.1 Å². The topological polar surface area (TPSA) is 56.1 Å². The van der Waals surface area contributed by atoms with Crippen LogP contribution in [0.3, 0.4) is 0 Å².